The first-order chi connectivity index (χ1) is 7.66. The quantitative estimate of drug-likeness (QED) is 0.751. The lowest BCUT2D eigenvalue weighted by Crippen LogP contribution is -2.43. The van der Waals surface area contributed by atoms with Crippen LogP contribution in [0.4, 0.5) is 0 Å². The minimum Gasteiger partial charge on any atom is -0.342 e. The van der Waals surface area contributed by atoms with Crippen molar-refractivity contribution in [2.24, 2.45) is 0 Å². The third-order valence-electron chi connectivity index (χ3n) is 2.90. The molecule has 1 aliphatic rings. The van der Waals surface area contributed by atoms with Gasteiger partial charge in [0.2, 0.25) is 5.91 Å². The summed E-state index contributed by atoms with van der Waals surface area (Å²) < 4.78 is 0. The lowest BCUT2D eigenvalue weighted by molar-refractivity contribution is -0.131. The second kappa shape index (κ2) is 4.91. The molecule has 0 radical (unpaired) electrons. The van der Waals surface area contributed by atoms with Crippen LogP contribution in [0.1, 0.15) is 17.5 Å². The Labute approximate surface area is 101 Å². The molecule has 0 spiro atoms. The molecule has 1 saturated heterocycles. The molecule has 0 aliphatic carbocycles. The molecule has 0 saturated carbocycles. The highest BCUT2D eigenvalue weighted by atomic mass is 32.2. The fraction of sp³-hybridized carbons (Fsp3) is 0.462. The van der Waals surface area contributed by atoms with Crippen LogP contribution in [0.25, 0.3) is 0 Å². The second-order valence-corrected chi connectivity index (χ2v) is 5.31. The predicted octanol–water partition coefficient (Wildman–Crippen LogP) is 2.63. The van der Waals surface area contributed by atoms with E-state index in [0.717, 1.165) is 13.1 Å². The topological polar surface area (TPSA) is 20.3 Å². The van der Waals surface area contributed by atoms with Gasteiger partial charge in [0.15, 0.2) is 0 Å². The summed E-state index contributed by atoms with van der Waals surface area (Å²) >= 11 is 1.66. The van der Waals surface area contributed by atoms with Gasteiger partial charge >= 0.3 is 0 Å². The third-order valence-corrected chi connectivity index (χ3v) is 4.05. The number of carbonyl (C=O) groups excluding carboxylic acids is 1. The van der Waals surface area contributed by atoms with Crippen LogP contribution in [0, 0.1) is 13.8 Å². The van der Waals surface area contributed by atoms with Crippen molar-refractivity contribution in [2.75, 3.05) is 18.8 Å². The zero-order valence-electron chi connectivity index (χ0n) is 9.82. The molecule has 2 nitrogen and oxygen atoms in total. The van der Waals surface area contributed by atoms with Crippen molar-refractivity contribution < 1.29 is 4.79 Å². The first-order valence-electron chi connectivity index (χ1n) is 5.64. The van der Waals surface area contributed by atoms with E-state index in [2.05, 4.69) is 32.0 Å². The molecule has 0 aromatic heterocycles. The third kappa shape index (κ3) is 2.59. The lowest BCUT2D eigenvalue weighted by Gasteiger charge is -2.30. The van der Waals surface area contributed by atoms with Crippen molar-refractivity contribution in [1.29, 1.82) is 0 Å². The molecular formula is C13H17NOS. The maximum absolute atomic E-state index is 11.7. The van der Waals surface area contributed by atoms with Crippen molar-refractivity contribution in [2.45, 2.75) is 25.2 Å². The van der Waals surface area contributed by atoms with Gasteiger partial charge in [0.05, 0.1) is 5.75 Å². The Morgan fingerprint density at radius 1 is 1.38 bits per heavy atom. The molecule has 1 fully saturated rings. The molecule has 86 valence electrons. The van der Waals surface area contributed by atoms with E-state index < -0.39 is 0 Å². The summed E-state index contributed by atoms with van der Waals surface area (Å²) in [4.78, 5) is 14.9. The number of amides is 1. The standard InChI is InChI=1S/C13H17NOS/c1-10-4-5-11(2)12(8-10)16-9-13(15)14-6-3-7-14/h4-5,8H,3,6-7,9H2,1-2H3. The molecule has 3 heteroatoms. The normalized spacial score (nSPS) is 14.8. The van der Waals surface area contributed by atoms with E-state index >= 15 is 0 Å². The maximum Gasteiger partial charge on any atom is 0.232 e. The van der Waals surface area contributed by atoms with Gasteiger partial charge in [-0.3, -0.25) is 4.79 Å². The molecule has 16 heavy (non-hydrogen) atoms. The highest BCUT2D eigenvalue weighted by Gasteiger charge is 2.19. The molecule has 0 atom stereocenters. The Morgan fingerprint density at radius 3 is 2.75 bits per heavy atom. The van der Waals surface area contributed by atoms with Gasteiger partial charge in [-0.15, -0.1) is 11.8 Å². The van der Waals surface area contributed by atoms with E-state index in [-0.39, 0.29) is 5.91 Å². The zero-order valence-corrected chi connectivity index (χ0v) is 10.6. The number of hydrogen-bond donors (Lipinski definition) is 0. The van der Waals surface area contributed by atoms with E-state index in [0.29, 0.717) is 5.75 Å². The van der Waals surface area contributed by atoms with Crippen LogP contribution in [0.5, 0.6) is 0 Å². The largest absolute Gasteiger partial charge is 0.342 e. The minimum atomic E-state index is 0.275. The summed E-state index contributed by atoms with van der Waals surface area (Å²) in [6.45, 7) is 6.08. The monoisotopic (exact) mass is 235 g/mol. The van der Waals surface area contributed by atoms with Gasteiger partial charge in [0.1, 0.15) is 0 Å². The summed E-state index contributed by atoms with van der Waals surface area (Å²) in [5.74, 6) is 0.849. The summed E-state index contributed by atoms with van der Waals surface area (Å²) in [5.41, 5.74) is 2.51. The fourth-order valence-electron chi connectivity index (χ4n) is 1.66. The minimum absolute atomic E-state index is 0.275. The molecule has 0 bridgehead atoms. The van der Waals surface area contributed by atoms with Gasteiger partial charge in [-0.25, -0.2) is 0 Å². The predicted molar refractivity (Wildman–Crippen MR) is 67.8 cm³/mol. The molecule has 2 rings (SSSR count). The van der Waals surface area contributed by atoms with Gasteiger partial charge in [0.25, 0.3) is 0 Å². The number of carbonyl (C=O) groups is 1. The number of rotatable bonds is 3. The molecule has 1 heterocycles. The van der Waals surface area contributed by atoms with Gasteiger partial charge in [-0.1, -0.05) is 17.7 Å². The molecule has 1 amide bonds. The molecule has 1 aliphatic heterocycles. The SMILES string of the molecule is Cc1ccc(C)c(SCC(=O)N2CCC2)c1. The Kier molecular flexibility index (Phi) is 3.54. The average Bonchev–Trinajstić information content (AvgIpc) is 2.17. The first-order valence-corrected chi connectivity index (χ1v) is 6.63. The highest BCUT2D eigenvalue weighted by molar-refractivity contribution is 8.00. The van der Waals surface area contributed by atoms with E-state index in [1.165, 1.54) is 22.4 Å². The van der Waals surface area contributed by atoms with Crippen LogP contribution in [0.2, 0.25) is 0 Å². The Bertz CT molecular complexity index is 399. The smallest absolute Gasteiger partial charge is 0.232 e. The lowest BCUT2D eigenvalue weighted by atomic mass is 10.2. The van der Waals surface area contributed by atoms with Crippen molar-refractivity contribution in [1.82, 2.24) is 4.90 Å². The van der Waals surface area contributed by atoms with E-state index in [1.807, 2.05) is 4.90 Å². The molecule has 0 N–H and O–H groups in total. The molecule has 1 aromatic rings. The molecule has 0 unspecified atom stereocenters. The number of thioether (sulfide) groups is 1. The van der Waals surface area contributed by atoms with Crippen LogP contribution < -0.4 is 0 Å². The number of likely N-dealkylation sites (tertiary alicyclic amines) is 1. The Balaban J connectivity index is 1.93. The highest BCUT2D eigenvalue weighted by Crippen LogP contribution is 2.24. The molecule has 1 aromatic carbocycles. The number of hydrogen-bond acceptors (Lipinski definition) is 2. The summed E-state index contributed by atoms with van der Waals surface area (Å²) in [6, 6.07) is 6.38. The Morgan fingerprint density at radius 2 is 2.12 bits per heavy atom. The van der Waals surface area contributed by atoms with Gasteiger partial charge in [0, 0.05) is 18.0 Å². The van der Waals surface area contributed by atoms with Gasteiger partial charge in [-0.05, 0) is 31.9 Å². The first kappa shape index (κ1) is 11.5. The zero-order chi connectivity index (χ0) is 11.5. The van der Waals surface area contributed by atoms with Gasteiger partial charge < -0.3 is 4.90 Å². The Hall–Kier alpha value is -0.960. The van der Waals surface area contributed by atoms with E-state index in [4.69, 9.17) is 0 Å². The number of benzene rings is 1. The van der Waals surface area contributed by atoms with Crippen LogP contribution in [0.3, 0.4) is 0 Å². The number of nitrogens with zero attached hydrogens (tertiary/aromatic N) is 1. The second-order valence-electron chi connectivity index (χ2n) is 4.29. The van der Waals surface area contributed by atoms with E-state index in [9.17, 15) is 4.79 Å². The van der Waals surface area contributed by atoms with Crippen LogP contribution in [0.15, 0.2) is 23.1 Å². The average molecular weight is 235 g/mol. The summed E-state index contributed by atoms with van der Waals surface area (Å²) in [5, 5.41) is 0. The van der Waals surface area contributed by atoms with Crippen molar-refractivity contribution in [3.8, 4) is 0 Å². The van der Waals surface area contributed by atoms with Crippen molar-refractivity contribution in [3.63, 3.8) is 0 Å². The summed E-state index contributed by atoms with van der Waals surface area (Å²) in [7, 11) is 0. The fourth-order valence-corrected chi connectivity index (χ4v) is 2.69. The van der Waals surface area contributed by atoms with Crippen molar-refractivity contribution >= 4 is 17.7 Å². The summed E-state index contributed by atoms with van der Waals surface area (Å²) in [6.07, 6.45) is 1.17. The van der Waals surface area contributed by atoms with Crippen LogP contribution >= 0.6 is 11.8 Å². The van der Waals surface area contributed by atoms with E-state index in [1.54, 1.807) is 11.8 Å². The van der Waals surface area contributed by atoms with Crippen molar-refractivity contribution in [3.05, 3.63) is 29.3 Å². The van der Waals surface area contributed by atoms with Gasteiger partial charge in [-0.2, -0.15) is 0 Å². The molecular weight excluding hydrogens is 218 g/mol. The maximum atomic E-state index is 11.7. The number of aryl methyl sites for hydroxylation is 2. The van der Waals surface area contributed by atoms with Crippen LogP contribution in [-0.2, 0) is 4.79 Å². The van der Waals surface area contributed by atoms with Crippen LogP contribution in [-0.4, -0.2) is 29.6 Å².